The second-order valence-electron chi connectivity index (χ2n) is 5.93. The lowest BCUT2D eigenvalue weighted by atomic mass is 10.1. The molecule has 1 heterocycles. The van der Waals surface area contributed by atoms with Crippen molar-refractivity contribution in [3.8, 4) is 5.75 Å². The van der Waals surface area contributed by atoms with Crippen molar-refractivity contribution in [3.63, 3.8) is 0 Å². The topological polar surface area (TPSA) is 76.1 Å². The Balaban J connectivity index is 1.78. The fourth-order valence-corrected chi connectivity index (χ4v) is 4.44. The van der Waals surface area contributed by atoms with Crippen LogP contribution >= 0.6 is 23.1 Å². The molecular formula is C20H22N4O2S2. The third-order valence-corrected chi connectivity index (χ3v) is 6.05. The molecule has 0 bridgehead atoms. The molecule has 8 heteroatoms. The van der Waals surface area contributed by atoms with Gasteiger partial charge in [-0.2, -0.15) is 0 Å². The van der Waals surface area contributed by atoms with Crippen LogP contribution in [0.5, 0.6) is 5.75 Å². The Morgan fingerprint density at radius 2 is 2.00 bits per heavy atom. The number of ether oxygens (including phenoxy) is 1. The summed E-state index contributed by atoms with van der Waals surface area (Å²) in [5.74, 6) is 0.570. The largest absolute Gasteiger partial charge is 0.497 e. The highest BCUT2D eigenvalue weighted by Gasteiger charge is 2.24. The van der Waals surface area contributed by atoms with Crippen LogP contribution in [0.15, 0.2) is 58.9 Å². The van der Waals surface area contributed by atoms with Crippen molar-refractivity contribution in [1.82, 2.24) is 10.2 Å². The Labute approximate surface area is 172 Å². The Hall–Kier alpha value is -2.58. The van der Waals surface area contributed by atoms with Crippen LogP contribution in [0.2, 0.25) is 0 Å². The maximum absolute atomic E-state index is 13.1. The fourth-order valence-electron chi connectivity index (χ4n) is 2.47. The number of thioether (sulfide) groups is 1. The number of amides is 1. The SMILES string of the molecule is CCCNc1nnc(S[C@@H](C(=O)Nc2cccc(OC)c2)c2ccccc2)s1. The number of nitrogens with one attached hydrogen (secondary N) is 2. The minimum atomic E-state index is -0.445. The standard InChI is InChI=1S/C20H22N4O2S2/c1-3-12-21-19-23-24-20(28-19)27-17(14-8-5-4-6-9-14)18(25)22-15-10-7-11-16(13-15)26-2/h4-11,13,17H,3,12H2,1-2H3,(H,21,23)(H,22,25)/t17-/m1/s1. The van der Waals surface area contributed by atoms with E-state index < -0.39 is 5.25 Å². The molecule has 0 saturated carbocycles. The smallest absolute Gasteiger partial charge is 0.242 e. The number of hydrogen-bond donors (Lipinski definition) is 2. The van der Waals surface area contributed by atoms with Crippen LogP contribution in [0.1, 0.15) is 24.2 Å². The van der Waals surface area contributed by atoms with Gasteiger partial charge in [0.2, 0.25) is 11.0 Å². The number of carbonyl (C=O) groups is 1. The second kappa shape index (κ2) is 10.1. The van der Waals surface area contributed by atoms with Gasteiger partial charge in [-0.05, 0) is 24.1 Å². The predicted molar refractivity (Wildman–Crippen MR) is 115 cm³/mol. The van der Waals surface area contributed by atoms with Gasteiger partial charge in [-0.3, -0.25) is 4.79 Å². The monoisotopic (exact) mass is 414 g/mol. The van der Waals surface area contributed by atoms with Crippen LogP contribution in [-0.2, 0) is 4.79 Å². The number of anilines is 2. The Bertz CT molecular complexity index is 902. The zero-order chi connectivity index (χ0) is 19.8. The molecule has 0 unspecified atom stereocenters. The summed E-state index contributed by atoms with van der Waals surface area (Å²) in [6.07, 6.45) is 1.01. The Morgan fingerprint density at radius 3 is 2.75 bits per heavy atom. The maximum Gasteiger partial charge on any atom is 0.242 e. The molecule has 2 N–H and O–H groups in total. The molecule has 0 saturated heterocycles. The summed E-state index contributed by atoms with van der Waals surface area (Å²) >= 11 is 2.85. The first kappa shape index (κ1) is 20.2. The summed E-state index contributed by atoms with van der Waals surface area (Å²) in [6, 6.07) is 17.0. The number of benzene rings is 2. The van der Waals surface area contributed by atoms with E-state index in [-0.39, 0.29) is 5.91 Å². The van der Waals surface area contributed by atoms with Gasteiger partial charge >= 0.3 is 0 Å². The lowest BCUT2D eigenvalue weighted by molar-refractivity contribution is -0.115. The molecule has 0 aliphatic heterocycles. The summed E-state index contributed by atoms with van der Waals surface area (Å²) in [7, 11) is 1.60. The number of hydrogen-bond acceptors (Lipinski definition) is 7. The van der Waals surface area contributed by atoms with E-state index >= 15 is 0 Å². The van der Waals surface area contributed by atoms with Gasteiger partial charge in [-0.15, -0.1) is 10.2 Å². The average Bonchev–Trinajstić information content (AvgIpc) is 3.18. The highest BCUT2D eigenvalue weighted by atomic mass is 32.2. The number of carbonyl (C=O) groups excluding carboxylic acids is 1. The summed E-state index contributed by atoms with van der Waals surface area (Å²) < 4.78 is 5.98. The molecule has 146 valence electrons. The lowest BCUT2D eigenvalue weighted by Gasteiger charge is -2.16. The zero-order valence-corrected chi connectivity index (χ0v) is 17.3. The van der Waals surface area contributed by atoms with E-state index in [4.69, 9.17) is 4.74 Å². The van der Waals surface area contributed by atoms with Gasteiger partial charge in [0.25, 0.3) is 0 Å². The Kier molecular flexibility index (Phi) is 7.27. The van der Waals surface area contributed by atoms with E-state index in [0.29, 0.717) is 11.4 Å². The third kappa shape index (κ3) is 5.46. The van der Waals surface area contributed by atoms with Crippen LogP contribution in [0, 0.1) is 0 Å². The van der Waals surface area contributed by atoms with E-state index in [2.05, 4.69) is 27.8 Å². The van der Waals surface area contributed by atoms with Crippen LogP contribution in [-0.4, -0.2) is 29.8 Å². The molecule has 3 aromatic rings. The van der Waals surface area contributed by atoms with E-state index in [0.717, 1.165) is 28.0 Å². The van der Waals surface area contributed by atoms with Gasteiger partial charge in [0, 0.05) is 18.3 Å². The van der Waals surface area contributed by atoms with E-state index in [1.807, 2.05) is 48.5 Å². The van der Waals surface area contributed by atoms with Gasteiger partial charge < -0.3 is 15.4 Å². The first-order chi connectivity index (χ1) is 13.7. The summed E-state index contributed by atoms with van der Waals surface area (Å²) in [5.41, 5.74) is 1.60. The van der Waals surface area contributed by atoms with E-state index in [1.54, 1.807) is 13.2 Å². The van der Waals surface area contributed by atoms with Crippen molar-refractivity contribution in [2.24, 2.45) is 0 Å². The molecule has 2 aromatic carbocycles. The highest BCUT2D eigenvalue weighted by molar-refractivity contribution is 8.02. The van der Waals surface area contributed by atoms with E-state index in [9.17, 15) is 4.79 Å². The van der Waals surface area contributed by atoms with Crippen molar-refractivity contribution < 1.29 is 9.53 Å². The lowest BCUT2D eigenvalue weighted by Crippen LogP contribution is -2.19. The maximum atomic E-state index is 13.1. The number of rotatable bonds is 9. The minimum Gasteiger partial charge on any atom is -0.497 e. The fraction of sp³-hybridized carbons (Fsp3) is 0.250. The van der Waals surface area contributed by atoms with Crippen LogP contribution in [0.3, 0.4) is 0 Å². The Morgan fingerprint density at radius 1 is 1.18 bits per heavy atom. The van der Waals surface area contributed by atoms with Gasteiger partial charge in [0.1, 0.15) is 11.0 Å². The van der Waals surface area contributed by atoms with E-state index in [1.165, 1.54) is 23.1 Å². The average molecular weight is 415 g/mol. The first-order valence-corrected chi connectivity index (χ1v) is 10.6. The molecule has 0 aliphatic rings. The van der Waals surface area contributed by atoms with Gasteiger partial charge in [-0.25, -0.2) is 0 Å². The summed E-state index contributed by atoms with van der Waals surface area (Å²) in [5, 5.41) is 14.9. The van der Waals surface area contributed by atoms with Crippen molar-refractivity contribution in [3.05, 3.63) is 60.2 Å². The summed E-state index contributed by atoms with van der Waals surface area (Å²) in [6.45, 7) is 2.94. The molecule has 0 aliphatic carbocycles. The van der Waals surface area contributed by atoms with Gasteiger partial charge in [-0.1, -0.05) is 66.4 Å². The summed E-state index contributed by atoms with van der Waals surface area (Å²) in [4.78, 5) is 13.1. The van der Waals surface area contributed by atoms with Gasteiger partial charge in [0.15, 0.2) is 4.34 Å². The second-order valence-corrected chi connectivity index (χ2v) is 8.26. The molecule has 3 rings (SSSR count). The van der Waals surface area contributed by atoms with Gasteiger partial charge in [0.05, 0.1) is 7.11 Å². The molecule has 0 fully saturated rings. The molecule has 28 heavy (non-hydrogen) atoms. The number of nitrogens with zero attached hydrogens (tertiary/aromatic N) is 2. The third-order valence-electron chi connectivity index (χ3n) is 3.83. The number of methoxy groups -OCH3 is 1. The normalized spacial score (nSPS) is 11.6. The molecule has 1 amide bonds. The van der Waals surface area contributed by atoms with Crippen LogP contribution in [0.25, 0.3) is 0 Å². The molecule has 6 nitrogen and oxygen atoms in total. The predicted octanol–water partition coefficient (Wildman–Crippen LogP) is 4.84. The van der Waals surface area contributed by atoms with Crippen molar-refractivity contribution in [2.45, 2.75) is 22.9 Å². The zero-order valence-electron chi connectivity index (χ0n) is 15.7. The van der Waals surface area contributed by atoms with Crippen LogP contribution in [0.4, 0.5) is 10.8 Å². The minimum absolute atomic E-state index is 0.122. The van der Waals surface area contributed by atoms with Crippen molar-refractivity contribution >= 4 is 39.8 Å². The van der Waals surface area contributed by atoms with Crippen molar-refractivity contribution in [2.75, 3.05) is 24.3 Å². The first-order valence-electron chi connectivity index (χ1n) is 8.93. The highest BCUT2D eigenvalue weighted by Crippen LogP contribution is 2.38. The number of aromatic nitrogens is 2. The molecule has 0 radical (unpaired) electrons. The van der Waals surface area contributed by atoms with Crippen molar-refractivity contribution in [1.29, 1.82) is 0 Å². The molecule has 1 aromatic heterocycles. The molecular weight excluding hydrogens is 392 g/mol. The molecule has 0 spiro atoms. The van der Waals surface area contributed by atoms with Crippen LogP contribution < -0.4 is 15.4 Å². The molecule has 1 atom stereocenters. The quantitative estimate of drug-likeness (QED) is 0.488.